The Balaban J connectivity index is 1.64. The van der Waals surface area contributed by atoms with Gasteiger partial charge in [0.15, 0.2) is 6.61 Å². The van der Waals surface area contributed by atoms with Gasteiger partial charge in [-0.05, 0) is 49.3 Å². The zero-order valence-electron chi connectivity index (χ0n) is 28.9. The summed E-state index contributed by atoms with van der Waals surface area (Å²) in [5.74, 6) is -1.81. The molecule has 1 aliphatic rings. The summed E-state index contributed by atoms with van der Waals surface area (Å²) in [5, 5.41) is 14.3. The molecule has 0 spiro atoms. The first kappa shape index (κ1) is 38.7. The molecule has 1 heterocycles. The minimum Gasteiger partial charge on any atom is -0.483 e. The number of carbonyl (C=O) groups excluding carboxylic acids is 2. The molecular weight excluding hydrogens is 677 g/mol. The first-order chi connectivity index (χ1) is 24.0. The van der Waals surface area contributed by atoms with Crippen LogP contribution >= 0.6 is 11.8 Å². The van der Waals surface area contributed by atoms with Crippen LogP contribution < -0.4 is 25.0 Å². The lowest BCUT2D eigenvalue weighted by molar-refractivity contribution is -0.137. The number of unbranched alkanes of at least 4 members (excludes halogenated alkanes) is 2. The van der Waals surface area contributed by atoms with Gasteiger partial charge in [0, 0.05) is 31.3 Å². The number of benzene rings is 3. The second-order valence-corrected chi connectivity index (χ2v) is 15.0. The van der Waals surface area contributed by atoms with Crippen molar-refractivity contribution in [1.29, 1.82) is 0 Å². The summed E-state index contributed by atoms with van der Waals surface area (Å²) in [7, 11) is -4.03. The summed E-state index contributed by atoms with van der Waals surface area (Å²) >= 11 is 1.38. The van der Waals surface area contributed by atoms with Gasteiger partial charge in [-0.25, -0.2) is 13.1 Å². The summed E-state index contributed by atoms with van der Waals surface area (Å²) in [6.07, 6.45) is 6.99. The van der Waals surface area contributed by atoms with Crippen LogP contribution in [0, 0.1) is 0 Å². The number of fused-ring (bicyclic) bond motifs is 1. The number of amides is 2. The third kappa shape index (κ3) is 10.2. The van der Waals surface area contributed by atoms with Gasteiger partial charge in [0.25, 0.3) is 5.91 Å². The molecule has 0 aromatic heterocycles. The third-order valence-corrected chi connectivity index (χ3v) is 11.0. The molecule has 0 saturated heterocycles. The maximum absolute atomic E-state index is 14.3. The maximum atomic E-state index is 14.3. The van der Waals surface area contributed by atoms with Gasteiger partial charge in [0.2, 0.25) is 15.9 Å². The molecule has 4 N–H and O–H groups in total. The van der Waals surface area contributed by atoms with E-state index in [4.69, 9.17) is 9.84 Å². The number of hydrogen-bond acceptors (Lipinski definition) is 8. The van der Waals surface area contributed by atoms with E-state index < -0.39 is 46.0 Å². The fourth-order valence-corrected chi connectivity index (χ4v) is 8.29. The van der Waals surface area contributed by atoms with Gasteiger partial charge in [-0.3, -0.25) is 14.4 Å². The minimum atomic E-state index is -4.03. The number of thioether (sulfide) groups is 1. The number of carboxylic acid groups (broad SMARTS) is 1. The van der Waals surface area contributed by atoms with Gasteiger partial charge in [0.05, 0.1) is 16.1 Å². The maximum Gasteiger partial charge on any atom is 0.303 e. The van der Waals surface area contributed by atoms with Gasteiger partial charge in [-0.15, -0.1) is 11.8 Å². The molecule has 1 aliphatic heterocycles. The Hall–Kier alpha value is -4.07. The molecule has 270 valence electrons. The smallest absolute Gasteiger partial charge is 0.303 e. The number of aliphatic carboxylic acids is 1. The number of carboxylic acids is 1. The Bertz CT molecular complexity index is 1700. The van der Waals surface area contributed by atoms with Crippen LogP contribution in [0.1, 0.15) is 76.8 Å². The van der Waals surface area contributed by atoms with Crippen LogP contribution in [0.2, 0.25) is 0 Å². The molecule has 0 bridgehead atoms. The van der Waals surface area contributed by atoms with Gasteiger partial charge < -0.3 is 25.4 Å². The highest BCUT2D eigenvalue weighted by molar-refractivity contribution is 7.98. The van der Waals surface area contributed by atoms with Crippen molar-refractivity contribution in [3.63, 3.8) is 0 Å². The first-order valence-corrected chi connectivity index (χ1v) is 19.8. The number of anilines is 2. The molecule has 4 rings (SSSR count). The fraction of sp³-hybridized carbons (Fsp3) is 0.432. The van der Waals surface area contributed by atoms with Crippen molar-refractivity contribution in [3.8, 4) is 5.75 Å². The third-order valence-electron chi connectivity index (χ3n) is 8.65. The van der Waals surface area contributed by atoms with Crippen molar-refractivity contribution in [2.24, 2.45) is 0 Å². The molecule has 50 heavy (non-hydrogen) atoms. The second kappa shape index (κ2) is 18.2. The lowest BCUT2D eigenvalue weighted by Gasteiger charge is -2.37. The summed E-state index contributed by atoms with van der Waals surface area (Å²) in [6, 6.07) is 20.7. The molecule has 11 nitrogen and oxygen atoms in total. The number of rotatable bonds is 18. The molecule has 3 aromatic rings. The molecular formula is C37H48N4O7S2. The number of sulfonamides is 1. The van der Waals surface area contributed by atoms with Gasteiger partial charge in [-0.1, -0.05) is 88.1 Å². The molecule has 0 aliphatic carbocycles. The van der Waals surface area contributed by atoms with Crippen molar-refractivity contribution >= 4 is 50.9 Å². The number of hydrogen-bond donors (Lipinski definition) is 4. The lowest BCUT2D eigenvalue weighted by atomic mass is 9.87. The molecule has 3 aromatic carbocycles. The highest BCUT2D eigenvalue weighted by atomic mass is 32.2. The lowest BCUT2D eigenvalue weighted by Crippen LogP contribution is -2.53. The Labute approximate surface area is 299 Å². The van der Waals surface area contributed by atoms with Crippen LogP contribution in [0.4, 0.5) is 11.4 Å². The molecule has 2 amide bonds. The first-order valence-electron chi connectivity index (χ1n) is 17.1. The zero-order valence-corrected chi connectivity index (χ0v) is 30.6. The number of nitrogens with zero attached hydrogens (tertiary/aromatic N) is 1. The predicted octanol–water partition coefficient (Wildman–Crippen LogP) is 6.18. The van der Waals surface area contributed by atoms with Crippen LogP contribution in [0.3, 0.4) is 0 Å². The average Bonchev–Trinajstić information content (AvgIpc) is 3.21. The van der Waals surface area contributed by atoms with E-state index in [1.165, 1.54) is 17.8 Å². The molecule has 0 unspecified atom stereocenters. The van der Waals surface area contributed by atoms with Crippen molar-refractivity contribution in [2.45, 2.75) is 86.6 Å². The van der Waals surface area contributed by atoms with Crippen LogP contribution in [0.15, 0.2) is 82.6 Å². The zero-order chi connectivity index (χ0) is 36.1. The Kier molecular flexibility index (Phi) is 14.1. The monoisotopic (exact) mass is 724 g/mol. The standard InChI is InChI=1S/C37H48N4O7S2/c1-4-6-20-37(21-7-5-2)26-41(28-17-12-9-13-18-28)29-23-31(49-3)30(24-32(29)50(46,47)40-37)48-25-33(42)39-35(27-15-10-8-11-16-27)36(45)38-22-14-19-34(43)44/h8-13,15-18,23-24,35,40H,4-7,14,19-22,25-26H2,1-3H3,(H,38,45)(H,39,42)(H,43,44)/t35-/m1/s1. The van der Waals surface area contributed by atoms with Gasteiger partial charge in [0.1, 0.15) is 16.7 Å². The number of ether oxygens (including phenoxy) is 1. The van der Waals surface area contributed by atoms with E-state index in [-0.39, 0.29) is 30.0 Å². The molecule has 0 fully saturated rings. The fourth-order valence-electron chi connectivity index (χ4n) is 6.09. The van der Waals surface area contributed by atoms with E-state index in [1.54, 1.807) is 30.3 Å². The van der Waals surface area contributed by atoms with E-state index in [0.29, 0.717) is 35.5 Å². The number of para-hydroxylation sites is 1. The molecule has 13 heteroatoms. The minimum absolute atomic E-state index is 0.0623. The van der Waals surface area contributed by atoms with E-state index in [2.05, 4.69) is 34.1 Å². The second-order valence-electron chi connectivity index (χ2n) is 12.5. The van der Waals surface area contributed by atoms with Crippen molar-refractivity contribution in [1.82, 2.24) is 15.4 Å². The van der Waals surface area contributed by atoms with E-state index in [9.17, 15) is 22.8 Å². The van der Waals surface area contributed by atoms with Gasteiger partial charge in [-0.2, -0.15) is 0 Å². The summed E-state index contributed by atoms with van der Waals surface area (Å²) in [6.45, 7) is 4.31. The predicted molar refractivity (Wildman–Crippen MR) is 196 cm³/mol. The van der Waals surface area contributed by atoms with Crippen molar-refractivity contribution in [2.75, 3.05) is 30.9 Å². The molecule has 0 saturated carbocycles. The summed E-state index contributed by atoms with van der Waals surface area (Å²) in [4.78, 5) is 40.0. The SMILES string of the molecule is CCCCC1(CCCC)CN(c2ccccc2)c2cc(SC)c(OCC(=O)N[C@@H](C(=O)NCCCC(=O)O)c3ccccc3)cc2S(=O)(=O)N1. The van der Waals surface area contributed by atoms with Crippen LogP contribution in [-0.4, -0.2) is 62.8 Å². The van der Waals surface area contributed by atoms with Crippen molar-refractivity contribution in [3.05, 3.63) is 78.4 Å². The van der Waals surface area contributed by atoms with E-state index >= 15 is 0 Å². The van der Waals surface area contributed by atoms with E-state index in [0.717, 1.165) is 31.4 Å². The Morgan fingerprint density at radius 1 is 0.980 bits per heavy atom. The largest absolute Gasteiger partial charge is 0.483 e. The Morgan fingerprint density at radius 2 is 1.62 bits per heavy atom. The number of nitrogens with one attached hydrogen (secondary N) is 3. The molecule has 0 radical (unpaired) electrons. The molecule has 1 atom stereocenters. The van der Waals surface area contributed by atoms with Crippen LogP contribution in [-0.2, 0) is 24.4 Å². The topological polar surface area (TPSA) is 154 Å². The quantitative estimate of drug-likeness (QED) is 0.0891. The van der Waals surface area contributed by atoms with E-state index in [1.807, 2.05) is 42.7 Å². The summed E-state index contributed by atoms with van der Waals surface area (Å²) in [5.41, 5.74) is 1.25. The highest BCUT2D eigenvalue weighted by Gasteiger charge is 2.42. The van der Waals surface area contributed by atoms with Crippen LogP contribution in [0.25, 0.3) is 0 Å². The van der Waals surface area contributed by atoms with Gasteiger partial charge >= 0.3 is 5.97 Å². The van der Waals surface area contributed by atoms with Crippen molar-refractivity contribution < 1.29 is 32.6 Å². The summed E-state index contributed by atoms with van der Waals surface area (Å²) < 4.78 is 37.7. The van der Waals surface area contributed by atoms with Crippen LogP contribution in [0.5, 0.6) is 5.75 Å². The Morgan fingerprint density at radius 3 is 2.22 bits per heavy atom. The average molecular weight is 725 g/mol. The highest BCUT2D eigenvalue weighted by Crippen LogP contribution is 2.44. The number of carbonyl (C=O) groups is 3. The normalized spacial score (nSPS) is 15.3.